The number of rotatable bonds is 7. The molecule has 9 nitrogen and oxygen atoms in total. The van der Waals surface area contributed by atoms with Crippen molar-refractivity contribution in [2.24, 2.45) is 0 Å². The third-order valence-electron chi connectivity index (χ3n) is 4.35. The highest BCUT2D eigenvalue weighted by atomic mass is 19.3. The van der Waals surface area contributed by atoms with Gasteiger partial charge in [-0.25, -0.2) is 19.2 Å². The number of halogens is 3. The second-order valence-corrected chi connectivity index (χ2v) is 6.41. The maximum absolute atomic E-state index is 14.6. The van der Waals surface area contributed by atoms with E-state index in [4.69, 9.17) is 4.42 Å². The van der Waals surface area contributed by atoms with Crippen LogP contribution in [0.2, 0.25) is 0 Å². The molecule has 1 unspecified atom stereocenters. The largest absolute Gasteiger partial charge is 0.437 e. The first-order chi connectivity index (χ1) is 14.9. The van der Waals surface area contributed by atoms with E-state index in [-0.39, 0.29) is 34.8 Å². The molecule has 0 bridgehead atoms. The Balaban J connectivity index is 1.50. The standard InChI is InChI=1S/C19H14F3N5O4/c20-14(11-3-5-12(6-4-11)30-18(21)22)8-27-19(29)31-15(25-27)9-26-10-24-16-13(17(26)28)2-1-7-23-16/h1-7,10,14,18H,8-9H2. The minimum atomic E-state index is -2.99. The lowest BCUT2D eigenvalue weighted by Gasteiger charge is -2.09. The average Bonchev–Trinajstić information content (AvgIpc) is 3.09. The molecule has 0 saturated heterocycles. The van der Waals surface area contributed by atoms with Crippen molar-refractivity contribution in [3.8, 4) is 5.75 Å². The molecule has 0 aliphatic rings. The van der Waals surface area contributed by atoms with Crippen LogP contribution in [-0.2, 0) is 13.1 Å². The number of aromatic nitrogens is 5. The van der Waals surface area contributed by atoms with Crippen LogP contribution in [0.4, 0.5) is 13.2 Å². The normalized spacial score (nSPS) is 12.4. The highest BCUT2D eigenvalue weighted by molar-refractivity contribution is 5.72. The lowest BCUT2D eigenvalue weighted by molar-refractivity contribution is -0.0498. The van der Waals surface area contributed by atoms with Crippen LogP contribution < -0.4 is 16.1 Å². The summed E-state index contributed by atoms with van der Waals surface area (Å²) in [4.78, 5) is 32.6. The van der Waals surface area contributed by atoms with Gasteiger partial charge in [-0.05, 0) is 29.8 Å². The Morgan fingerprint density at radius 1 is 1.06 bits per heavy atom. The van der Waals surface area contributed by atoms with Crippen LogP contribution in [0, 0.1) is 0 Å². The lowest BCUT2D eigenvalue weighted by Crippen LogP contribution is -2.22. The Hall–Kier alpha value is -3.96. The van der Waals surface area contributed by atoms with E-state index in [1.54, 1.807) is 12.1 Å². The molecule has 0 amide bonds. The predicted molar refractivity (Wildman–Crippen MR) is 101 cm³/mol. The van der Waals surface area contributed by atoms with Gasteiger partial charge in [0.25, 0.3) is 5.56 Å². The molecule has 1 aromatic carbocycles. The Bertz CT molecular complexity index is 1320. The van der Waals surface area contributed by atoms with Gasteiger partial charge in [-0.3, -0.25) is 9.36 Å². The van der Waals surface area contributed by atoms with E-state index in [1.807, 2.05) is 0 Å². The van der Waals surface area contributed by atoms with Crippen LogP contribution in [0.3, 0.4) is 0 Å². The number of hydrogen-bond donors (Lipinski definition) is 0. The third-order valence-corrected chi connectivity index (χ3v) is 4.35. The molecule has 0 spiro atoms. The van der Waals surface area contributed by atoms with Gasteiger partial charge in [-0.15, -0.1) is 5.10 Å². The summed E-state index contributed by atoms with van der Waals surface area (Å²) in [5.41, 5.74) is 0.0197. The second kappa shape index (κ2) is 8.42. The topological polar surface area (TPSA) is 105 Å². The Labute approximate surface area is 171 Å². The van der Waals surface area contributed by atoms with E-state index in [0.717, 1.165) is 4.68 Å². The first kappa shape index (κ1) is 20.3. The summed E-state index contributed by atoms with van der Waals surface area (Å²) in [5.74, 6) is -1.12. The van der Waals surface area contributed by atoms with Gasteiger partial charge < -0.3 is 9.15 Å². The van der Waals surface area contributed by atoms with Gasteiger partial charge in [0.2, 0.25) is 5.89 Å². The van der Waals surface area contributed by atoms with Gasteiger partial charge in [0.05, 0.1) is 11.9 Å². The quantitative estimate of drug-likeness (QED) is 0.440. The predicted octanol–water partition coefficient (Wildman–Crippen LogP) is 2.30. The van der Waals surface area contributed by atoms with Gasteiger partial charge in [-0.1, -0.05) is 12.1 Å². The molecular weight excluding hydrogens is 419 g/mol. The van der Waals surface area contributed by atoms with E-state index in [0.29, 0.717) is 0 Å². The molecule has 31 heavy (non-hydrogen) atoms. The van der Waals surface area contributed by atoms with Crippen LogP contribution in [-0.4, -0.2) is 30.9 Å². The average molecular weight is 433 g/mol. The number of ether oxygens (including phenoxy) is 1. The lowest BCUT2D eigenvalue weighted by atomic mass is 10.1. The zero-order chi connectivity index (χ0) is 22.0. The summed E-state index contributed by atoms with van der Waals surface area (Å²) < 4.78 is 50.1. The third kappa shape index (κ3) is 4.47. The maximum Gasteiger partial charge on any atom is 0.437 e. The maximum atomic E-state index is 14.6. The van der Waals surface area contributed by atoms with Crippen molar-refractivity contribution in [2.75, 3.05) is 0 Å². The van der Waals surface area contributed by atoms with Crippen molar-refractivity contribution in [3.05, 3.63) is 81.3 Å². The van der Waals surface area contributed by atoms with E-state index in [2.05, 4.69) is 19.8 Å². The molecule has 0 radical (unpaired) electrons. The first-order valence-electron chi connectivity index (χ1n) is 8.96. The smallest absolute Gasteiger partial charge is 0.435 e. The number of nitrogens with zero attached hydrogens (tertiary/aromatic N) is 5. The second-order valence-electron chi connectivity index (χ2n) is 6.41. The van der Waals surface area contributed by atoms with Gasteiger partial charge in [0.15, 0.2) is 5.65 Å². The molecule has 4 aromatic rings. The van der Waals surface area contributed by atoms with Gasteiger partial charge in [0.1, 0.15) is 24.8 Å². The molecule has 12 heteroatoms. The van der Waals surface area contributed by atoms with Crippen molar-refractivity contribution in [1.82, 2.24) is 24.3 Å². The van der Waals surface area contributed by atoms with Gasteiger partial charge >= 0.3 is 12.4 Å². The monoisotopic (exact) mass is 433 g/mol. The summed E-state index contributed by atoms with van der Waals surface area (Å²) in [5, 5.41) is 4.21. The number of pyridine rings is 1. The molecule has 4 rings (SSSR count). The van der Waals surface area contributed by atoms with Crippen molar-refractivity contribution in [2.45, 2.75) is 25.9 Å². The molecule has 0 fully saturated rings. The molecular formula is C19H14F3N5O4. The van der Waals surface area contributed by atoms with Crippen LogP contribution >= 0.6 is 0 Å². The van der Waals surface area contributed by atoms with E-state index >= 15 is 0 Å². The highest BCUT2D eigenvalue weighted by Crippen LogP contribution is 2.22. The van der Waals surface area contributed by atoms with Crippen LogP contribution in [0.15, 0.2) is 62.9 Å². The van der Waals surface area contributed by atoms with Gasteiger partial charge in [-0.2, -0.15) is 13.5 Å². The first-order valence-corrected chi connectivity index (χ1v) is 8.96. The summed E-state index contributed by atoms with van der Waals surface area (Å²) in [6.07, 6.45) is 1.09. The molecule has 0 aliphatic carbocycles. The highest BCUT2D eigenvalue weighted by Gasteiger charge is 2.17. The summed E-state index contributed by atoms with van der Waals surface area (Å²) >= 11 is 0. The SMILES string of the molecule is O=c1c2cccnc2ncn1Cc1nn(CC(F)c2ccc(OC(F)F)cc2)c(=O)o1. The molecule has 0 aliphatic heterocycles. The van der Waals surface area contributed by atoms with E-state index in [9.17, 15) is 22.8 Å². The fourth-order valence-electron chi connectivity index (χ4n) is 2.90. The molecule has 1 atom stereocenters. The number of benzene rings is 1. The van der Waals surface area contributed by atoms with Crippen molar-refractivity contribution in [3.63, 3.8) is 0 Å². The van der Waals surface area contributed by atoms with Gasteiger partial charge in [0, 0.05) is 6.20 Å². The fraction of sp³-hybridized carbons (Fsp3) is 0.211. The molecule has 160 valence electrons. The Kier molecular flexibility index (Phi) is 5.52. The van der Waals surface area contributed by atoms with Crippen LogP contribution in [0.25, 0.3) is 11.0 Å². The zero-order valence-corrected chi connectivity index (χ0v) is 15.7. The van der Waals surface area contributed by atoms with Crippen molar-refractivity contribution >= 4 is 11.0 Å². The van der Waals surface area contributed by atoms with Crippen LogP contribution in [0.1, 0.15) is 17.6 Å². The minimum absolute atomic E-state index is 0.106. The number of hydrogen-bond acceptors (Lipinski definition) is 7. The zero-order valence-electron chi connectivity index (χ0n) is 15.7. The van der Waals surface area contributed by atoms with Crippen molar-refractivity contribution in [1.29, 1.82) is 0 Å². The summed E-state index contributed by atoms with van der Waals surface area (Å²) in [6.45, 7) is -3.64. The van der Waals surface area contributed by atoms with E-state index in [1.165, 1.54) is 41.4 Å². The Morgan fingerprint density at radius 2 is 1.84 bits per heavy atom. The summed E-state index contributed by atoms with van der Waals surface area (Å²) in [7, 11) is 0. The molecule has 3 aromatic heterocycles. The Morgan fingerprint density at radius 3 is 2.58 bits per heavy atom. The number of fused-ring (bicyclic) bond motifs is 1. The number of alkyl halides is 3. The molecule has 0 N–H and O–H groups in total. The van der Waals surface area contributed by atoms with Crippen molar-refractivity contribution < 1.29 is 22.3 Å². The van der Waals surface area contributed by atoms with Crippen LogP contribution in [0.5, 0.6) is 5.75 Å². The minimum Gasteiger partial charge on any atom is -0.435 e. The molecule has 0 saturated carbocycles. The summed E-state index contributed by atoms with van der Waals surface area (Å²) in [6, 6.07) is 8.08. The fourth-order valence-corrected chi connectivity index (χ4v) is 2.90. The molecule has 3 heterocycles. The van der Waals surface area contributed by atoms with E-state index < -0.39 is 30.6 Å².